The highest BCUT2D eigenvalue weighted by Gasteiger charge is 2.30. The van der Waals surface area contributed by atoms with E-state index in [2.05, 4.69) is 0 Å². The minimum atomic E-state index is -0.814. The molecule has 0 amide bonds. The largest absolute Gasteiger partial charge is 0.496 e. The summed E-state index contributed by atoms with van der Waals surface area (Å²) in [6.07, 6.45) is 0. The van der Waals surface area contributed by atoms with Gasteiger partial charge in [0.05, 0.1) is 7.11 Å². The summed E-state index contributed by atoms with van der Waals surface area (Å²) in [7, 11) is 1.57. The molecule has 1 N–H and O–H groups in total. The molecule has 1 aliphatic rings. The van der Waals surface area contributed by atoms with Gasteiger partial charge in [0.1, 0.15) is 11.8 Å². The van der Waals surface area contributed by atoms with Crippen LogP contribution in [-0.4, -0.2) is 47.7 Å². The summed E-state index contributed by atoms with van der Waals surface area (Å²) in [4.78, 5) is 13.6. The predicted octanol–water partition coefficient (Wildman–Crippen LogP) is 1.87. The normalized spacial score (nSPS) is 18.3. The molecule has 1 aliphatic heterocycles. The number of carboxylic acid groups (broad SMARTS) is 1. The third-order valence-corrected chi connectivity index (χ3v) is 4.02. The molecule has 1 heterocycles. The van der Waals surface area contributed by atoms with Crippen LogP contribution < -0.4 is 4.74 Å². The van der Waals surface area contributed by atoms with E-state index in [1.807, 2.05) is 40.9 Å². The molecular weight excluding hydrogens is 250 g/mol. The first-order valence-corrected chi connectivity index (χ1v) is 7.07. The number of hydrogen-bond acceptors (Lipinski definition) is 4. The Kier molecular flexibility index (Phi) is 4.49. The highest BCUT2D eigenvalue weighted by Crippen LogP contribution is 2.31. The van der Waals surface area contributed by atoms with Crippen LogP contribution in [0.2, 0.25) is 0 Å². The first-order chi connectivity index (χ1) is 8.74. The second-order valence-corrected chi connectivity index (χ2v) is 5.36. The lowest BCUT2D eigenvalue weighted by molar-refractivity contribution is -0.143. The number of nitrogens with zero attached hydrogens (tertiary/aromatic N) is 1. The van der Waals surface area contributed by atoms with Gasteiger partial charge in [-0.05, 0) is 6.07 Å². The molecule has 1 unspecified atom stereocenters. The van der Waals surface area contributed by atoms with Gasteiger partial charge in [0.2, 0.25) is 0 Å². The number of thioether (sulfide) groups is 1. The number of benzene rings is 1. The molecule has 0 saturated carbocycles. The Morgan fingerprint density at radius 3 is 2.67 bits per heavy atom. The number of carboxylic acids is 1. The van der Waals surface area contributed by atoms with Crippen LogP contribution in [0.5, 0.6) is 5.75 Å². The Hall–Kier alpha value is -1.20. The van der Waals surface area contributed by atoms with Gasteiger partial charge in [-0.3, -0.25) is 9.69 Å². The third kappa shape index (κ3) is 2.79. The molecule has 5 heteroatoms. The van der Waals surface area contributed by atoms with Crippen molar-refractivity contribution in [2.75, 3.05) is 31.7 Å². The lowest BCUT2D eigenvalue weighted by Gasteiger charge is -2.32. The smallest absolute Gasteiger partial charge is 0.325 e. The van der Waals surface area contributed by atoms with E-state index in [-0.39, 0.29) is 0 Å². The van der Waals surface area contributed by atoms with Crippen molar-refractivity contribution in [3.63, 3.8) is 0 Å². The molecule has 0 bridgehead atoms. The van der Waals surface area contributed by atoms with Gasteiger partial charge in [0.25, 0.3) is 0 Å². The van der Waals surface area contributed by atoms with Crippen LogP contribution in [0.15, 0.2) is 24.3 Å². The maximum atomic E-state index is 11.6. The standard InChI is InChI=1S/C13H17NO3S/c1-17-11-5-3-2-4-10(11)12(13(15)16)14-6-8-18-9-7-14/h2-5,12H,6-9H2,1H3,(H,15,16). The van der Waals surface area contributed by atoms with Crippen molar-refractivity contribution >= 4 is 17.7 Å². The lowest BCUT2D eigenvalue weighted by Crippen LogP contribution is -2.39. The molecule has 4 nitrogen and oxygen atoms in total. The third-order valence-electron chi connectivity index (χ3n) is 3.08. The van der Waals surface area contributed by atoms with E-state index < -0.39 is 12.0 Å². The number of hydrogen-bond donors (Lipinski definition) is 1. The van der Waals surface area contributed by atoms with Gasteiger partial charge in [-0.15, -0.1) is 0 Å². The molecule has 0 aromatic heterocycles. The number of carbonyl (C=O) groups is 1. The molecule has 0 radical (unpaired) electrons. The van der Waals surface area contributed by atoms with Gasteiger partial charge in [-0.2, -0.15) is 11.8 Å². The van der Waals surface area contributed by atoms with Gasteiger partial charge in [-0.25, -0.2) is 0 Å². The zero-order chi connectivity index (χ0) is 13.0. The molecule has 1 atom stereocenters. The minimum absolute atomic E-state index is 0.609. The summed E-state index contributed by atoms with van der Waals surface area (Å²) in [6, 6.07) is 6.74. The minimum Gasteiger partial charge on any atom is -0.496 e. The van der Waals surface area contributed by atoms with Gasteiger partial charge >= 0.3 is 5.97 Å². The molecule has 1 aromatic carbocycles. The number of aliphatic carboxylic acids is 1. The first-order valence-electron chi connectivity index (χ1n) is 5.91. The van der Waals surface area contributed by atoms with E-state index in [1.54, 1.807) is 7.11 Å². The van der Waals surface area contributed by atoms with E-state index in [4.69, 9.17) is 4.74 Å². The van der Waals surface area contributed by atoms with Crippen LogP contribution in [0.1, 0.15) is 11.6 Å². The Morgan fingerprint density at radius 2 is 2.06 bits per heavy atom. The van der Waals surface area contributed by atoms with Crippen LogP contribution in [0.4, 0.5) is 0 Å². The van der Waals surface area contributed by atoms with Crippen LogP contribution >= 0.6 is 11.8 Å². The molecule has 2 rings (SSSR count). The van der Waals surface area contributed by atoms with E-state index in [0.29, 0.717) is 5.75 Å². The highest BCUT2D eigenvalue weighted by atomic mass is 32.2. The zero-order valence-electron chi connectivity index (χ0n) is 10.3. The second-order valence-electron chi connectivity index (χ2n) is 4.13. The number of ether oxygens (including phenoxy) is 1. The Morgan fingerprint density at radius 1 is 1.39 bits per heavy atom. The summed E-state index contributed by atoms with van der Waals surface area (Å²) in [6.45, 7) is 1.61. The second kappa shape index (κ2) is 6.11. The van der Waals surface area contributed by atoms with Crippen LogP contribution in [0.3, 0.4) is 0 Å². The van der Waals surface area contributed by atoms with Crippen molar-refractivity contribution in [1.29, 1.82) is 0 Å². The lowest BCUT2D eigenvalue weighted by atomic mass is 10.0. The summed E-state index contributed by atoms with van der Waals surface area (Å²) in [5.74, 6) is 1.80. The molecule has 0 aliphatic carbocycles. The van der Waals surface area contributed by atoms with E-state index in [0.717, 1.165) is 30.2 Å². The Balaban J connectivity index is 2.31. The topological polar surface area (TPSA) is 49.8 Å². The van der Waals surface area contributed by atoms with Gasteiger partial charge in [0, 0.05) is 30.2 Å². The van der Waals surface area contributed by atoms with Crippen molar-refractivity contribution in [3.8, 4) is 5.75 Å². The summed E-state index contributed by atoms with van der Waals surface area (Å²) in [5.41, 5.74) is 0.736. The fourth-order valence-electron chi connectivity index (χ4n) is 2.21. The Bertz CT molecular complexity index is 418. The quantitative estimate of drug-likeness (QED) is 0.902. The molecular formula is C13H17NO3S. The van der Waals surface area contributed by atoms with Crippen molar-refractivity contribution in [2.24, 2.45) is 0 Å². The van der Waals surface area contributed by atoms with Gasteiger partial charge in [0.15, 0.2) is 0 Å². The fourth-order valence-corrected chi connectivity index (χ4v) is 3.15. The van der Waals surface area contributed by atoms with Gasteiger partial charge < -0.3 is 9.84 Å². The average molecular weight is 267 g/mol. The van der Waals surface area contributed by atoms with E-state index in [1.165, 1.54) is 0 Å². The van der Waals surface area contributed by atoms with Crippen molar-refractivity contribution in [2.45, 2.75) is 6.04 Å². The van der Waals surface area contributed by atoms with Crippen molar-refractivity contribution < 1.29 is 14.6 Å². The summed E-state index contributed by atoms with van der Waals surface area (Å²) < 4.78 is 5.27. The molecule has 1 saturated heterocycles. The predicted molar refractivity (Wildman–Crippen MR) is 72.3 cm³/mol. The average Bonchev–Trinajstić information content (AvgIpc) is 2.40. The van der Waals surface area contributed by atoms with E-state index >= 15 is 0 Å². The molecule has 1 fully saturated rings. The fraction of sp³-hybridized carbons (Fsp3) is 0.462. The van der Waals surface area contributed by atoms with E-state index in [9.17, 15) is 9.90 Å². The van der Waals surface area contributed by atoms with Crippen LogP contribution in [0.25, 0.3) is 0 Å². The monoisotopic (exact) mass is 267 g/mol. The maximum absolute atomic E-state index is 11.6. The summed E-state index contributed by atoms with van der Waals surface area (Å²) >= 11 is 1.87. The Labute approximate surface area is 111 Å². The van der Waals surface area contributed by atoms with Crippen LogP contribution in [0, 0.1) is 0 Å². The molecule has 98 valence electrons. The molecule has 0 spiro atoms. The molecule has 1 aromatic rings. The number of methoxy groups -OCH3 is 1. The molecule has 18 heavy (non-hydrogen) atoms. The van der Waals surface area contributed by atoms with Crippen molar-refractivity contribution in [3.05, 3.63) is 29.8 Å². The maximum Gasteiger partial charge on any atom is 0.325 e. The zero-order valence-corrected chi connectivity index (χ0v) is 11.2. The SMILES string of the molecule is COc1ccccc1C(C(=O)O)N1CCSCC1. The number of para-hydroxylation sites is 1. The summed E-state index contributed by atoms with van der Waals surface area (Å²) in [5, 5.41) is 9.49. The van der Waals surface area contributed by atoms with Crippen LogP contribution in [-0.2, 0) is 4.79 Å². The number of rotatable bonds is 4. The first kappa shape index (κ1) is 13.2. The van der Waals surface area contributed by atoms with Crippen molar-refractivity contribution in [1.82, 2.24) is 4.90 Å². The van der Waals surface area contributed by atoms with Gasteiger partial charge in [-0.1, -0.05) is 18.2 Å². The highest BCUT2D eigenvalue weighted by molar-refractivity contribution is 7.99.